The molecule has 3 atom stereocenters. The second-order valence-electron chi connectivity index (χ2n) is 6.99. The summed E-state index contributed by atoms with van der Waals surface area (Å²) in [5, 5.41) is 15.8. The highest BCUT2D eigenvalue weighted by atomic mass is 16.5. The molecule has 25 heavy (non-hydrogen) atoms. The molecule has 1 aromatic rings. The zero-order chi connectivity index (χ0) is 17.6. The Morgan fingerprint density at radius 2 is 2.36 bits per heavy atom. The third-order valence-corrected chi connectivity index (χ3v) is 5.38. The molecule has 3 aliphatic rings. The van der Waals surface area contributed by atoms with Crippen molar-refractivity contribution < 1.29 is 19.4 Å². The van der Waals surface area contributed by atoms with Gasteiger partial charge in [-0.15, -0.1) is 0 Å². The van der Waals surface area contributed by atoms with Gasteiger partial charge in [0.2, 0.25) is 0 Å². The van der Waals surface area contributed by atoms with Crippen molar-refractivity contribution in [2.75, 3.05) is 31.6 Å². The number of aryl methyl sites for hydroxylation is 1. The van der Waals surface area contributed by atoms with E-state index in [2.05, 4.69) is 15.3 Å². The molecular formula is C16H23N5O4. The van der Waals surface area contributed by atoms with E-state index in [0.717, 1.165) is 44.0 Å². The molecule has 0 spiro atoms. The molecular weight excluding hydrogens is 326 g/mol. The Bertz CT molecular complexity index is 690. The quantitative estimate of drug-likeness (QED) is 0.788. The first-order valence-corrected chi connectivity index (χ1v) is 8.70. The highest BCUT2D eigenvalue weighted by Gasteiger charge is 2.38. The molecule has 0 aliphatic carbocycles. The molecule has 4 heterocycles. The number of carboxylic acid groups (broad SMARTS) is 1. The molecule has 136 valence electrons. The van der Waals surface area contributed by atoms with Gasteiger partial charge in [-0.05, 0) is 12.8 Å². The zero-order valence-electron chi connectivity index (χ0n) is 14.2. The Morgan fingerprint density at radius 3 is 3.04 bits per heavy atom. The van der Waals surface area contributed by atoms with Crippen molar-refractivity contribution in [2.24, 2.45) is 0 Å². The molecule has 2 amide bonds. The monoisotopic (exact) mass is 349 g/mol. The molecule has 9 heteroatoms. The first kappa shape index (κ1) is 16.3. The van der Waals surface area contributed by atoms with Crippen LogP contribution in [0.3, 0.4) is 0 Å². The second-order valence-corrected chi connectivity index (χ2v) is 6.99. The van der Waals surface area contributed by atoms with Gasteiger partial charge in [-0.2, -0.15) is 5.10 Å². The van der Waals surface area contributed by atoms with Crippen molar-refractivity contribution in [2.45, 2.75) is 44.0 Å². The molecule has 0 saturated carbocycles. The van der Waals surface area contributed by atoms with E-state index in [1.807, 2.05) is 6.07 Å². The Balaban J connectivity index is 1.42. The Morgan fingerprint density at radius 1 is 1.52 bits per heavy atom. The molecule has 3 aliphatic heterocycles. The molecule has 0 aromatic carbocycles. The Kier molecular flexibility index (Phi) is 4.12. The Hall–Kier alpha value is -2.13. The average Bonchev–Trinajstić information content (AvgIpc) is 3.28. The van der Waals surface area contributed by atoms with Gasteiger partial charge < -0.3 is 15.2 Å². The van der Waals surface area contributed by atoms with Crippen molar-refractivity contribution in [3.63, 3.8) is 0 Å². The van der Waals surface area contributed by atoms with Crippen LogP contribution in [-0.2, 0) is 22.5 Å². The number of fused-ring (bicyclic) bond motifs is 3. The van der Waals surface area contributed by atoms with E-state index in [9.17, 15) is 9.59 Å². The third kappa shape index (κ3) is 3.09. The Labute approximate surface area is 145 Å². The van der Waals surface area contributed by atoms with E-state index in [1.165, 1.54) is 4.90 Å². The maximum absolute atomic E-state index is 12.4. The summed E-state index contributed by atoms with van der Waals surface area (Å²) in [7, 11) is 1.66. The van der Waals surface area contributed by atoms with Crippen LogP contribution in [0, 0.1) is 0 Å². The van der Waals surface area contributed by atoms with Gasteiger partial charge >= 0.3 is 6.09 Å². The van der Waals surface area contributed by atoms with Crippen LogP contribution in [0.5, 0.6) is 0 Å². The van der Waals surface area contributed by atoms with Gasteiger partial charge in [0.25, 0.3) is 5.91 Å². The van der Waals surface area contributed by atoms with Crippen LogP contribution in [0.4, 0.5) is 10.6 Å². The lowest BCUT2D eigenvalue weighted by Crippen LogP contribution is -2.46. The molecule has 3 unspecified atom stereocenters. The van der Waals surface area contributed by atoms with Gasteiger partial charge in [0, 0.05) is 45.2 Å². The van der Waals surface area contributed by atoms with E-state index < -0.39 is 12.1 Å². The minimum Gasteiger partial charge on any atom is -0.465 e. The van der Waals surface area contributed by atoms with Crippen LogP contribution in [0.1, 0.15) is 18.5 Å². The van der Waals surface area contributed by atoms with E-state index in [1.54, 1.807) is 11.7 Å². The molecule has 4 rings (SSSR count). The molecule has 9 nitrogen and oxygen atoms in total. The number of hydrogen-bond acceptors (Lipinski definition) is 5. The predicted octanol–water partition coefficient (Wildman–Crippen LogP) is -0.0986. The highest BCUT2D eigenvalue weighted by molar-refractivity contribution is 5.97. The van der Waals surface area contributed by atoms with Crippen molar-refractivity contribution >= 4 is 17.8 Å². The summed E-state index contributed by atoms with van der Waals surface area (Å²) in [6, 6.07) is 1.75. The number of amides is 2. The van der Waals surface area contributed by atoms with Crippen molar-refractivity contribution in [1.82, 2.24) is 20.0 Å². The number of carbonyl (C=O) groups excluding carboxylic acids is 1. The van der Waals surface area contributed by atoms with Crippen LogP contribution in [0.15, 0.2) is 6.07 Å². The number of likely N-dealkylation sites (N-methyl/N-ethyl adjacent to an activating group) is 1. The van der Waals surface area contributed by atoms with E-state index in [4.69, 9.17) is 9.84 Å². The van der Waals surface area contributed by atoms with E-state index in [0.29, 0.717) is 25.1 Å². The van der Waals surface area contributed by atoms with E-state index >= 15 is 0 Å². The van der Waals surface area contributed by atoms with Crippen molar-refractivity contribution in [1.29, 1.82) is 0 Å². The lowest BCUT2D eigenvalue weighted by molar-refractivity contribution is -0.120. The fraction of sp³-hybridized carbons (Fsp3) is 0.688. The first-order chi connectivity index (χ1) is 12.0. The average molecular weight is 349 g/mol. The number of morpholine rings is 1. The summed E-state index contributed by atoms with van der Waals surface area (Å²) in [5.41, 5.74) is 0.961. The largest absolute Gasteiger partial charge is 0.465 e. The number of aromatic nitrogens is 2. The summed E-state index contributed by atoms with van der Waals surface area (Å²) in [6.07, 6.45) is 1.58. The minimum absolute atomic E-state index is 0.249. The molecule has 0 radical (unpaired) electrons. The predicted molar refractivity (Wildman–Crippen MR) is 88.6 cm³/mol. The van der Waals surface area contributed by atoms with Gasteiger partial charge in [0.1, 0.15) is 11.9 Å². The highest BCUT2D eigenvalue weighted by Crippen LogP contribution is 2.28. The summed E-state index contributed by atoms with van der Waals surface area (Å²) in [6.45, 7) is 3.29. The minimum atomic E-state index is -1.18. The van der Waals surface area contributed by atoms with Gasteiger partial charge in [-0.3, -0.25) is 14.6 Å². The summed E-state index contributed by atoms with van der Waals surface area (Å²) >= 11 is 0. The standard InChI is InChI=1S/C16H23N5O4/c1-19-14-6-10(2-4-20-8-12-7-11(20)9-25-12)18-21(14)5-3-13(15(19)22)17-16(23)24/h6,11-13,17H,2-5,7-9H2,1H3,(H,23,24). The normalized spacial score (nSPS) is 28.9. The zero-order valence-corrected chi connectivity index (χ0v) is 14.2. The van der Waals surface area contributed by atoms with Gasteiger partial charge in [-0.1, -0.05) is 0 Å². The molecule has 2 saturated heterocycles. The number of carbonyl (C=O) groups is 2. The molecule has 1 aromatic heterocycles. The molecule has 2 fully saturated rings. The van der Waals surface area contributed by atoms with Gasteiger partial charge in [0.15, 0.2) is 0 Å². The maximum atomic E-state index is 12.4. The maximum Gasteiger partial charge on any atom is 0.405 e. The van der Waals surface area contributed by atoms with Gasteiger partial charge in [-0.25, -0.2) is 9.48 Å². The lowest BCUT2D eigenvalue weighted by Gasteiger charge is -2.26. The fourth-order valence-corrected chi connectivity index (χ4v) is 4.03. The van der Waals surface area contributed by atoms with Crippen LogP contribution in [-0.4, -0.2) is 76.7 Å². The van der Waals surface area contributed by atoms with Crippen LogP contribution in [0.25, 0.3) is 0 Å². The molecule has 2 bridgehead atoms. The number of likely N-dealkylation sites (tertiary alicyclic amines) is 1. The smallest absolute Gasteiger partial charge is 0.405 e. The van der Waals surface area contributed by atoms with Gasteiger partial charge in [0.05, 0.1) is 18.4 Å². The number of hydrogen-bond donors (Lipinski definition) is 2. The first-order valence-electron chi connectivity index (χ1n) is 8.70. The summed E-state index contributed by atoms with van der Waals surface area (Å²) < 4.78 is 7.43. The topological polar surface area (TPSA) is 99.9 Å². The van der Waals surface area contributed by atoms with Crippen molar-refractivity contribution in [3.8, 4) is 0 Å². The van der Waals surface area contributed by atoms with Crippen molar-refractivity contribution in [3.05, 3.63) is 11.8 Å². The SMILES string of the molecule is CN1C(=O)C(NC(=O)O)CCn2nc(CCN3CC4CC3CO4)cc21. The number of ether oxygens (including phenoxy) is 1. The third-order valence-electron chi connectivity index (χ3n) is 5.38. The fourth-order valence-electron chi connectivity index (χ4n) is 4.03. The molecule has 2 N–H and O–H groups in total. The second kappa shape index (κ2) is 6.30. The summed E-state index contributed by atoms with van der Waals surface area (Å²) in [5.74, 6) is 0.475. The number of nitrogens with zero attached hydrogens (tertiary/aromatic N) is 4. The lowest BCUT2D eigenvalue weighted by atomic mass is 10.2. The van der Waals surface area contributed by atoms with E-state index in [-0.39, 0.29) is 5.91 Å². The van der Waals surface area contributed by atoms with Crippen LogP contribution in [0.2, 0.25) is 0 Å². The van der Waals surface area contributed by atoms with Crippen LogP contribution >= 0.6 is 0 Å². The van der Waals surface area contributed by atoms with Crippen LogP contribution < -0.4 is 10.2 Å². The summed E-state index contributed by atoms with van der Waals surface area (Å²) in [4.78, 5) is 27.2. The number of nitrogens with one attached hydrogen (secondary N) is 1. The number of rotatable bonds is 4. The number of anilines is 1.